The van der Waals surface area contributed by atoms with Crippen LogP contribution in [0, 0.1) is 12.3 Å². The summed E-state index contributed by atoms with van der Waals surface area (Å²) in [6, 6.07) is 12.3. The number of carbonyl (C=O) groups excluding carboxylic acids is 3. The molecule has 1 saturated heterocycles. The van der Waals surface area contributed by atoms with Crippen molar-refractivity contribution in [1.82, 2.24) is 15.1 Å². The molecule has 0 bridgehead atoms. The number of hydrogen-bond acceptors (Lipinski definition) is 5. The van der Waals surface area contributed by atoms with Crippen molar-refractivity contribution in [3.05, 3.63) is 64.2 Å². The van der Waals surface area contributed by atoms with Crippen molar-refractivity contribution < 1.29 is 14.4 Å². The Bertz CT molecular complexity index is 1300. The molecule has 0 aromatic heterocycles. The molecular weight excluding hydrogens is 550 g/mol. The van der Waals surface area contributed by atoms with Crippen molar-refractivity contribution >= 4 is 35.0 Å². The maximum atomic E-state index is 13.7. The SMILES string of the molecule is Cc1cc(NC(=O)[C@H](CCN)NC(=O)[C@@H]2Cc3ccccc3CN2CCCC(=O)N2CCCC3(CCC3)C2)ccc1Cl. The fourth-order valence-corrected chi connectivity index (χ4v) is 6.94. The van der Waals surface area contributed by atoms with E-state index in [0.29, 0.717) is 54.9 Å². The van der Waals surface area contributed by atoms with Gasteiger partial charge < -0.3 is 21.3 Å². The van der Waals surface area contributed by atoms with Crippen molar-refractivity contribution in [3.8, 4) is 0 Å². The van der Waals surface area contributed by atoms with Crippen molar-refractivity contribution in [1.29, 1.82) is 0 Å². The number of likely N-dealkylation sites (tertiary alicyclic amines) is 1. The molecule has 3 amide bonds. The Morgan fingerprint density at radius 1 is 1.10 bits per heavy atom. The first-order chi connectivity index (χ1) is 20.3. The van der Waals surface area contributed by atoms with E-state index in [9.17, 15) is 14.4 Å². The van der Waals surface area contributed by atoms with Crippen LogP contribution in [0.4, 0.5) is 5.69 Å². The average molecular weight is 594 g/mol. The Hall–Kier alpha value is -2.94. The first-order valence-corrected chi connectivity index (χ1v) is 15.8. The van der Waals surface area contributed by atoms with Crippen LogP contribution in [-0.2, 0) is 27.3 Å². The molecule has 0 radical (unpaired) electrons. The largest absolute Gasteiger partial charge is 0.343 e. The van der Waals surface area contributed by atoms with E-state index in [4.69, 9.17) is 17.3 Å². The summed E-state index contributed by atoms with van der Waals surface area (Å²) in [5.74, 6) is -0.272. The quantitative estimate of drug-likeness (QED) is 0.378. The van der Waals surface area contributed by atoms with E-state index in [1.54, 1.807) is 18.2 Å². The van der Waals surface area contributed by atoms with Gasteiger partial charge in [-0.3, -0.25) is 19.3 Å². The summed E-state index contributed by atoms with van der Waals surface area (Å²) < 4.78 is 0. The smallest absolute Gasteiger partial charge is 0.246 e. The van der Waals surface area contributed by atoms with Crippen LogP contribution in [0.3, 0.4) is 0 Å². The van der Waals surface area contributed by atoms with E-state index < -0.39 is 12.1 Å². The lowest BCUT2D eigenvalue weighted by Crippen LogP contribution is -2.55. The summed E-state index contributed by atoms with van der Waals surface area (Å²) in [7, 11) is 0. The van der Waals surface area contributed by atoms with Crippen molar-refractivity contribution in [3.63, 3.8) is 0 Å². The second kappa shape index (κ2) is 13.6. The summed E-state index contributed by atoms with van der Waals surface area (Å²) >= 11 is 6.13. The molecular formula is C33H44ClN5O3. The molecule has 2 fully saturated rings. The van der Waals surface area contributed by atoms with Crippen molar-refractivity contribution in [2.45, 2.75) is 83.3 Å². The second-order valence-electron chi connectivity index (χ2n) is 12.4. The van der Waals surface area contributed by atoms with Gasteiger partial charge in [0.25, 0.3) is 0 Å². The molecule has 4 N–H and O–H groups in total. The number of halogens is 1. The van der Waals surface area contributed by atoms with E-state index in [1.807, 2.05) is 19.1 Å². The topological polar surface area (TPSA) is 108 Å². The van der Waals surface area contributed by atoms with Crippen LogP contribution in [-0.4, -0.2) is 65.8 Å². The highest BCUT2D eigenvalue weighted by molar-refractivity contribution is 6.31. The molecule has 5 rings (SSSR count). The van der Waals surface area contributed by atoms with Gasteiger partial charge >= 0.3 is 0 Å². The van der Waals surface area contributed by atoms with Gasteiger partial charge in [-0.2, -0.15) is 0 Å². The molecule has 1 spiro atoms. The third kappa shape index (κ3) is 7.16. The lowest BCUT2D eigenvalue weighted by Gasteiger charge is -2.49. The molecule has 9 heteroatoms. The van der Waals surface area contributed by atoms with Crippen LogP contribution in [0.25, 0.3) is 0 Å². The third-order valence-corrected chi connectivity index (χ3v) is 9.85. The van der Waals surface area contributed by atoms with Crippen molar-refractivity contribution in [2.75, 3.05) is 31.5 Å². The number of benzene rings is 2. The van der Waals surface area contributed by atoms with E-state index in [2.05, 4.69) is 32.6 Å². The molecule has 2 atom stereocenters. The lowest BCUT2D eigenvalue weighted by atomic mass is 9.64. The molecule has 226 valence electrons. The monoisotopic (exact) mass is 593 g/mol. The number of aryl methyl sites for hydroxylation is 1. The maximum Gasteiger partial charge on any atom is 0.246 e. The number of nitrogens with two attached hydrogens (primary N) is 1. The first-order valence-electron chi connectivity index (χ1n) is 15.4. The fourth-order valence-electron chi connectivity index (χ4n) is 6.82. The molecule has 2 heterocycles. The normalized spacial score (nSPS) is 20.4. The summed E-state index contributed by atoms with van der Waals surface area (Å²) in [5, 5.41) is 6.51. The predicted octanol–water partition coefficient (Wildman–Crippen LogP) is 4.42. The molecule has 42 heavy (non-hydrogen) atoms. The van der Waals surface area contributed by atoms with Gasteiger partial charge in [0.2, 0.25) is 17.7 Å². The minimum Gasteiger partial charge on any atom is -0.343 e. The number of nitrogens with one attached hydrogen (secondary N) is 2. The molecule has 8 nitrogen and oxygen atoms in total. The van der Waals surface area contributed by atoms with E-state index in [1.165, 1.54) is 31.2 Å². The van der Waals surface area contributed by atoms with E-state index >= 15 is 0 Å². The lowest BCUT2D eigenvalue weighted by molar-refractivity contribution is -0.136. The molecule has 1 aliphatic carbocycles. The third-order valence-electron chi connectivity index (χ3n) is 9.43. The zero-order valence-electron chi connectivity index (χ0n) is 24.7. The Kier molecular flexibility index (Phi) is 9.86. The van der Waals surface area contributed by atoms with Gasteiger partial charge in [-0.25, -0.2) is 0 Å². The highest BCUT2D eigenvalue weighted by Crippen LogP contribution is 2.47. The van der Waals surface area contributed by atoms with Gasteiger partial charge in [0, 0.05) is 36.8 Å². The van der Waals surface area contributed by atoms with Gasteiger partial charge in [0.05, 0.1) is 6.04 Å². The fraction of sp³-hybridized carbons (Fsp3) is 0.545. The molecule has 2 aromatic carbocycles. The zero-order chi connectivity index (χ0) is 29.7. The van der Waals surface area contributed by atoms with Gasteiger partial charge in [-0.05, 0) is 105 Å². The number of rotatable bonds is 10. The minimum atomic E-state index is -0.767. The Morgan fingerprint density at radius 3 is 2.57 bits per heavy atom. The molecule has 1 saturated carbocycles. The Balaban J connectivity index is 1.22. The Morgan fingerprint density at radius 2 is 1.86 bits per heavy atom. The van der Waals surface area contributed by atoms with Crippen LogP contribution in [0.1, 0.15) is 68.1 Å². The predicted molar refractivity (Wildman–Crippen MR) is 166 cm³/mol. The number of hydrogen-bond donors (Lipinski definition) is 3. The van der Waals surface area contributed by atoms with E-state index in [0.717, 1.165) is 30.6 Å². The van der Waals surface area contributed by atoms with Crippen LogP contribution in [0.5, 0.6) is 0 Å². The number of anilines is 1. The zero-order valence-corrected chi connectivity index (χ0v) is 25.4. The molecule has 0 unspecified atom stereocenters. The van der Waals surface area contributed by atoms with Crippen LogP contribution in [0.2, 0.25) is 5.02 Å². The highest BCUT2D eigenvalue weighted by Gasteiger charge is 2.41. The van der Waals surface area contributed by atoms with Crippen LogP contribution < -0.4 is 16.4 Å². The molecule has 2 aromatic rings. The number of amides is 3. The first kappa shape index (κ1) is 30.5. The van der Waals surface area contributed by atoms with Gasteiger partial charge in [-0.15, -0.1) is 0 Å². The highest BCUT2D eigenvalue weighted by atomic mass is 35.5. The Labute approximate surface area is 254 Å². The van der Waals surface area contributed by atoms with Crippen molar-refractivity contribution in [2.24, 2.45) is 11.1 Å². The number of carbonyl (C=O) groups is 3. The van der Waals surface area contributed by atoms with Crippen LogP contribution in [0.15, 0.2) is 42.5 Å². The maximum absolute atomic E-state index is 13.7. The molecule has 3 aliphatic rings. The second-order valence-corrected chi connectivity index (χ2v) is 12.8. The standard InChI is InChI=1S/C33H44ClN5O3/c1-23-19-26(10-11-27(23)34)36-31(41)28(12-16-35)37-32(42)29-20-24-7-2-3-8-25(24)21-38(29)17-4-9-30(40)39-18-6-15-33(22-39)13-5-14-33/h2-3,7-8,10-11,19,28-29H,4-6,9,12-18,20-22,35H2,1H3,(H,36,41)(H,37,42)/t28-,29-/m0/s1. The summed E-state index contributed by atoms with van der Waals surface area (Å²) in [6.07, 6.45) is 8.20. The van der Waals surface area contributed by atoms with Gasteiger partial charge in [0.1, 0.15) is 6.04 Å². The summed E-state index contributed by atoms with van der Waals surface area (Å²) in [4.78, 5) is 44.3. The van der Waals surface area contributed by atoms with E-state index in [-0.39, 0.29) is 24.3 Å². The number of fused-ring (bicyclic) bond motifs is 1. The molecule has 2 aliphatic heterocycles. The number of piperidine rings is 1. The van der Waals surface area contributed by atoms with Gasteiger partial charge in [-0.1, -0.05) is 42.3 Å². The minimum absolute atomic E-state index is 0.195. The summed E-state index contributed by atoms with van der Waals surface area (Å²) in [5.41, 5.74) is 10.0. The van der Waals surface area contributed by atoms with Crippen LogP contribution >= 0.6 is 11.6 Å². The number of nitrogens with zero attached hydrogens (tertiary/aromatic N) is 2. The van der Waals surface area contributed by atoms with Gasteiger partial charge in [0.15, 0.2) is 0 Å². The summed E-state index contributed by atoms with van der Waals surface area (Å²) in [6.45, 7) is 5.17. The average Bonchev–Trinajstić information content (AvgIpc) is 2.97.